The van der Waals surface area contributed by atoms with Crippen molar-refractivity contribution in [3.05, 3.63) is 36.0 Å². The Labute approximate surface area is 137 Å². The van der Waals surface area contributed by atoms with Crippen molar-refractivity contribution in [1.82, 2.24) is 9.29 Å². The highest BCUT2D eigenvalue weighted by atomic mass is 32.2. The molecule has 1 saturated heterocycles. The molecule has 1 aromatic carbocycles. The third-order valence-electron chi connectivity index (χ3n) is 4.47. The Bertz CT molecular complexity index is 803. The summed E-state index contributed by atoms with van der Waals surface area (Å²) in [6.45, 7) is 3.02. The molecule has 1 aliphatic heterocycles. The number of benzene rings is 1. The smallest absolute Gasteiger partial charge is 0.245 e. The Morgan fingerprint density at radius 3 is 2.96 bits per heavy atom. The maximum Gasteiger partial charge on any atom is 0.245 e. The molecule has 1 fully saturated rings. The summed E-state index contributed by atoms with van der Waals surface area (Å²) in [7, 11) is -3.56. The summed E-state index contributed by atoms with van der Waals surface area (Å²) in [5.41, 5.74) is 7.25. The van der Waals surface area contributed by atoms with Crippen LogP contribution in [0.4, 0.5) is 0 Å². The molecule has 0 amide bonds. The van der Waals surface area contributed by atoms with Crippen LogP contribution in [0.15, 0.2) is 35.4 Å². The number of fused-ring (bicyclic) bond motifs is 1. The van der Waals surface area contributed by atoms with E-state index in [1.165, 1.54) is 0 Å². The molecule has 6 heteroatoms. The maximum absolute atomic E-state index is 13.2. The molecule has 1 aromatic heterocycles. The number of nitrogens with zero attached hydrogens (tertiary/aromatic N) is 2. The van der Waals surface area contributed by atoms with E-state index < -0.39 is 10.0 Å². The number of aromatic nitrogens is 1. The van der Waals surface area contributed by atoms with Crippen LogP contribution in [-0.4, -0.2) is 36.8 Å². The van der Waals surface area contributed by atoms with Gasteiger partial charge < -0.3 is 5.73 Å². The van der Waals surface area contributed by atoms with Crippen LogP contribution in [0.25, 0.3) is 10.9 Å². The largest absolute Gasteiger partial charge is 0.330 e. The summed E-state index contributed by atoms with van der Waals surface area (Å²) in [5.74, 6) is 0. The van der Waals surface area contributed by atoms with Crippen molar-refractivity contribution in [1.29, 1.82) is 0 Å². The summed E-state index contributed by atoms with van der Waals surface area (Å²) in [6.07, 6.45) is 5.26. The van der Waals surface area contributed by atoms with E-state index in [0.29, 0.717) is 29.9 Å². The molecule has 2 aromatic rings. The van der Waals surface area contributed by atoms with Gasteiger partial charge in [0.25, 0.3) is 0 Å². The fourth-order valence-electron chi connectivity index (χ4n) is 3.35. The Hall–Kier alpha value is -1.50. The van der Waals surface area contributed by atoms with E-state index in [1.54, 1.807) is 22.6 Å². The van der Waals surface area contributed by atoms with Gasteiger partial charge in [-0.3, -0.25) is 4.98 Å². The van der Waals surface area contributed by atoms with Crippen molar-refractivity contribution in [2.24, 2.45) is 5.73 Å². The molecular formula is C17H23N3O2S. The van der Waals surface area contributed by atoms with Gasteiger partial charge in [0.2, 0.25) is 10.0 Å². The minimum absolute atomic E-state index is 0.000505. The van der Waals surface area contributed by atoms with Gasteiger partial charge in [-0.15, -0.1) is 0 Å². The highest BCUT2D eigenvalue weighted by Gasteiger charge is 2.34. The second kappa shape index (κ2) is 6.55. The first-order valence-electron chi connectivity index (χ1n) is 8.11. The van der Waals surface area contributed by atoms with E-state index in [2.05, 4.69) is 4.98 Å². The zero-order chi connectivity index (χ0) is 16.4. The number of aryl methyl sites for hydroxylation is 1. The molecule has 3 rings (SSSR count). The topological polar surface area (TPSA) is 76.3 Å². The number of para-hydroxylation sites is 1. The lowest BCUT2D eigenvalue weighted by Crippen LogP contribution is -2.44. The molecule has 0 radical (unpaired) electrons. The molecule has 5 nitrogen and oxygen atoms in total. The molecular weight excluding hydrogens is 310 g/mol. The molecule has 0 bridgehead atoms. The number of nitrogens with two attached hydrogens (primary N) is 1. The molecule has 23 heavy (non-hydrogen) atoms. The van der Waals surface area contributed by atoms with Crippen molar-refractivity contribution in [2.75, 3.05) is 13.1 Å². The van der Waals surface area contributed by atoms with Crippen molar-refractivity contribution in [3.8, 4) is 0 Å². The van der Waals surface area contributed by atoms with Crippen LogP contribution >= 0.6 is 0 Å². The summed E-state index contributed by atoms with van der Waals surface area (Å²) in [6, 6.07) is 7.32. The number of sulfonamides is 1. The minimum Gasteiger partial charge on any atom is -0.330 e. The van der Waals surface area contributed by atoms with Gasteiger partial charge in [0, 0.05) is 24.2 Å². The van der Waals surface area contributed by atoms with Gasteiger partial charge in [-0.05, 0) is 50.4 Å². The fourth-order valence-corrected chi connectivity index (χ4v) is 5.24. The lowest BCUT2D eigenvalue weighted by Gasteiger charge is -2.34. The molecule has 2 heterocycles. The lowest BCUT2D eigenvalue weighted by atomic mass is 10.0. The predicted octanol–water partition coefficient (Wildman–Crippen LogP) is 2.44. The van der Waals surface area contributed by atoms with Crippen molar-refractivity contribution >= 4 is 20.9 Å². The van der Waals surface area contributed by atoms with Crippen molar-refractivity contribution < 1.29 is 8.42 Å². The summed E-state index contributed by atoms with van der Waals surface area (Å²) in [4.78, 5) is 4.69. The molecule has 1 aliphatic rings. The Balaban J connectivity index is 2.08. The lowest BCUT2D eigenvalue weighted by molar-refractivity contribution is 0.243. The molecule has 1 unspecified atom stereocenters. The van der Waals surface area contributed by atoms with Crippen LogP contribution in [0.3, 0.4) is 0 Å². The van der Waals surface area contributed by atoms with Crippen molar-refractivity contribution in [2.45, 2.75) is 43.5 Å². The summed E-state index contributed by atoms with van der Waals surface area (Å²) in [5, 5.41) is 0.860. The molecule has 0 spiro atoms. The zero-order valence-electron chi connectivity index (χ0n) is 13.4. The van der Waals surface area contributed by atoms with Crippen LogP contribution in [0.1, 0.15) is 31.2 Å². The highest BCUT2D eigenvalue weighted by Crippen LogP contribution is 2.30. The Morgan fingerprint density at radius 1 is 1.35 bits per heavy atom. The third kappa shape index (κ3) is 3.11. The minimum atomic E-state index is -3.56. The molecule has 2 N–H and O–H groups in total. The Kier molecular flexibility index (Phi) is 4.66. The second-order valence-corrected chi connectivity index (χ2v) is 8.04. The normalized spacial score (nSPS) is 20.0. The van der Waals surface area contributed by atoms with Gasteiger partial charge >= 0.3 is 0 Å². The number of hydrogen-bond donors (Lipinski definition) is 1. The molecule has 0 aliphatic carbocycles. The first-order chi connectivity index (χ1) is 11.0. The Morgan fingerprint density at radius 2 is 2.17 bits per heavy atom. The van der Waals surface area contributed by atoms with E-state index in [-0.39, 0.29) is 6.04 Å². The van der Waals surface area contributed by atoms with Crippen LogP contribution in [-0.2, 0) is 10.0 Å². The standard InChI is InChI=1S/C17H23N3O2S/c1-13-11-14-5-4-7-16(17(14)19-12-13)23(21,22)20-10-3-2-6-15(20)8-9-18/h4-5,7,11-12,15H,2-3,6,8-10,18H2,1H3. The molecule has 124 valence electrons. The predicted molar refractivity (Wildman–Crippen MR) is 91.7 cm³/mol. The van der Waals surface area contributed by atoms with Crippen molar-refractivity contribution in [3.63, 3.8) is 0 Å². The first kappa shape index (κ1) is 16.4. The van der Waals surface area contributed by atoms with E-state index in [4.69, 9.17) is 5.73 Å². The number of hydrogen-bond acceptors (Lipinski definition) is 4. The number of rotatable bonds is 4. The number of piperidine rings is 1. The van der Waals surface area contributed by atoms with Crippen LogP contribution in [0.2, 0.25) is 0 Å². The molecule has 0 saturated carbocycles. The van der Waals surface area contributed by atoms with Gasteiger partial charge in [0.15, 0.2) is 0 Å². The van der Waals surface area contributed by atoms with E-state index >= 15 is 0 Å². The number of pyridine rings is 1. The van der Waals surface area contributed by atoms with Crippen LogP contribution < -0.4 is 5.73 Å². The molecule has 1 atom stereocenters. The second-order valence-electron chi connectivity index (χ2n) is 6.18. The fraction of sp³-hybridized carbons (Fsp3) is 0.471. The van der Waals surface area contributed by atoms with Crippen LogP contribution in [0, 0.1) is 6.92 Å². The first-order valence-corrected chi connectivity index (χ1v) is 9.55. The summed E-state index contributed by atoms with van der Waals surface area (Å²) < 4.78 is 28.1. The van der Waals surface area contributed by atoms with Gasteiger partial charge in [0.05, 0.1) is 5.52 Å². The van der Waals surface area contributed by atoms with E-state index in [1.807, 2.05) is 19.1 Å². The van der Waals surface area contributed by atoms with E-state index in [9.17, 15) is 8.42 Å². The average Bonchev–Trinajstić information content (AvgIpc) is 2.54. The maximum atomic E-state index is 13.2. The summed E-state index contributed by atoms with van der Waals surface area (Å²) >= 11 is 0. The van der Waals surface area contributed by atoms with Crippen LogP contribution in [0.5, 0.6) is 0 Å². The van der Waals surface area contributed by atoms with Gasteiger partial charge in [0.1, 0.15) is 4.90 Å². The third-order valence-corrected chi connectivity index (χ3v) is 6.45. The highest BCUT2D eigenvalue weighted by molar-refractivity contribution is 7.89. The quantitative estimate of drug-likeness (QED) is 0.932. The monoisotopic (exact) mass is 333 g/mol. The SMILES string of the molecule is Cc1cnc2c(S(=O)(=O)N3CCCCC3CCN)cccc2c1. The average molecular weight is 333 g/mol. The van der Waals surface area contributed by atoms with Gasteiger partial charge in [-0.1, -0.05) is 18.6 Å². The van der Waals surface area contributed by atoms with Gasteiger partial charge in [-0.25, -0.2) is 8.42 Å². The van der Waals surface area contributed by atoms with Gasteiger partial charge in [-0.2, -0.15) is 4.31 Å². The zero-order valence-corrected chi connectivity index (χ0v) is 14.2. The van der Waals surface area contributed by atoms with E-state index in [0.717, 1.165) is 30.2 Å².